The monoisotopic (exact) mass is 270 g/mol. The standard InChI is InChI=1S/C17H18O3/c1-12-3-6-15(11-16(12)17(18)19)14-7-4-13(5-8-14)9-10-20-2/h3-8,11H,9-10H2,1-2H3,(H,18,19). The SMILES string of the molecule is COCCc1ccc(-c2ccc(C)c(C(=O)O)c2)cc1. The van der Waals surface area contributed by atoms with Gasteiger partial charge < -0.3 is 9.84 Å². The summed E-state index contributed by atoms with van der Waals surface area (Å²) in [5.41, 5.74) is 4.28. The molecule has 0 aliphatic rings. The van der Waals surface area contributed by atoms with Crippen LogP contribution in [0, 0.1) is 6.92 Å². The fraction of sp³-hybridized carbons (Fsp3) is 0.235. The van der Waals surface area contributed by atoms with E-state index in [1.54, 1.807) is 20.1 Å². The lowest BCUT2D eigenvalue weighted by atomic mass is 9.98. The quantitative estimate of drug-likeness (QED) is 0.903. The molecule has 0 aliphatic carbocycles. The number of ether oxygens (including phenoxy) is 1. The molecule has 0 spiro atoms. The lowest BCUT2D eigenvalue weighted by Gasteiger charge is -2.07. The van der Waals surface area contributed by atoms with E-state index in [-0.39, 0.29) is 0 Å². The maximum absolute atomic E-state index is 11.2. The molecule has 3 heteroatoms. The van der Waals surface area contributed by atoms with Gasteiger partial charge in [0.2, 0.25) is 0 Å². The number of rotatable bonds is 5. The third-order valence-corrected chi connectivity index (χ3v) is 3.35. The van der Waals surface area contributed by atoms with Gasteiger partial charge in [-0.05, 0) is 41.7 Å². The third-order valence-electron chi connectivity index (χ3n) is 3.35. The summed E-state index contributed by atoms with van der Waals surface area (Å²) in [7, 11) is 1.69. The molecule has 3 nitrogen and oxygen atoms in total. The van der Waals surface area contributed by atoms with Crippen LogP contribution in [0.1, 0.15) is 21.5 Å². The Bertz CT molecular complexity index is 600. The second-order valence-corrected chi connectivity index (χ2v) is 4.77. The van der Waals surface area contributed by atoms with Crippen molar-refractivity contribution in [2.24, 2.45) is 0 Å². The normalized spacial score (nSPS) is 10.5. The molecule has 0 heterocycles. The molecule has 0 atom stereocenters. The first-order valence-electron chi connectivity index (χ1n) is 6.54. The van der Waals surface area contributed by atoms with Gasteiger partial charge in [0.1, 0.15) is 0 Å². The topological polar surface area (TPSA) is 46.5 Å². The van der Waals surface area contributed by atoms with Crippen molar-refractivity contribution in [3.05, 3.63) is 59.2 Å². The van der Waals surface area contributed by atoms with Gasteiger partial charge in [0.05, 0.1) is 12.2 Å². The molecule has 2 aromatic carbocycles. The number of carboxylic acid groups (broad SMARTS) is 1. The van der Waals surface area contributed by atoms with Crippen molar-refractivity contribution in [2.75, 3.05) is 13.7 Å². The predicted octanol–water partition coefficient (Wildman–Crippen LogP) is 3.55. The summed E-state index contributed by atoms with van der Waals surface area (Å²) in [5.74, 6) is -0.888. The third kappa shape index (κ3) is 3.25. The van der Waals surface area contributed by atoms with E-state index < -0.39 is 5.97 Å². The summed E-state index contributed by atoms with van der Waals surface area (Å²) in [6.45, 7) is 2.51. The zero-order valence-corrected chi connectivity index (χ0v) is 11.7. The summed E-state index contributed by atoms with van der Waals surface area (Å²) in [5, 5.41) is 9.16. The second-order valence-electron chi connectivity index (χ2n) is 4.77. The van der Waals surface area contributed by atoms with E-state index >= 15 is 0 Å². The first kappa shape index (κ1) is 14.3. The van der Waals surface area contributed by atoms with Gasteiger partial charge in [-0.15, -0.1) is 0 Å². The maximum atomic E-state index is 11.2. The summed E-state index contributed by atoms with van der Waals surface area (Å²) in [6, 6.07) is 13.7. The number of carbonyl (C=O) groups is 1. The number of carboxylic acids is 1. The molecule has 104 valence electrons. The average molecular weight is 270 g/mol. The predicted molar refractivity (Wildman–Crippen MR) is 79.2 cm³/mol. The van der Waals surface area contributed by atoms with Gasteiger partial charge in [0.25, 0.3) is 0 Å². The molecule has 0 radical (unpaired) electrons. The Morgan fingerprint density at radius 2 is 1.75 bits per heavy atom. The highest BCUT2D eigenvalue weighted by atomic mass is 16.5. The van der Waals surface area contributed by atoms with Crippen LogP contribution in [0.25, 0.3) is 11.1 Å². The zero-order chi connectivity index (χ0) is 14.5. The van der Waals surface area contributed by atoms with Crippen molar-refractivity contribution in [3.8, 4) is 11.1 Å². The van der Waals surface area contributed by atoms with Crippen molar-refractivity contribution in [1.29, 1.82) is 0 Å². The van der Waals surface area contributed by atoms with Gasteiger partial charge >= 0.3 is 5.97 Å². The van der Waals surface area contributed by atoms with E-state index in [9.17, 15) is 4.79 Å². The van der Waals surface area contributed by atoms with E-state index in [1.165, 1.54) is 5.56 Å². The van der Waals surface area contributed by atoms with Gasteiger partial charge in [-0.2, -0.15) is 0 Å². The molecule has 2 aromatic rings. The van der Waals surface area contributed by atoms with Crippen molar-refractivity contribution in [2.45, 2.75) is 13.3 Å². The molecule has 0 saturated carbocycles. The number of aryl methyl sites for hydroxylation is 1. The van der Waals surface area contributed by atoms with Crippen LogP contribution in [-0.4, -0.2) is 24.8 Å². The number of hydrogen-bond donors (Lipinski definition) is 1. The van der Waals surface area contributed by atoms with E-state index in [0.717, 1.165) is 23.1 Å². The van der Waals surface area contributed by atoms with Gasteiger partial charge in [0.15, 0.2) is 0 Å². The van der Waals surface area contributed by atoms with Crippen molar-refractivity contribution >= 4 is 5.97 Å². The molecule has 1 N–H and O–H groups in total. The maximum Gasteiger partial charge on any atom is 0.335 e. The van der Waals surface area contributed by atoms with Gasteiger partial charge in [-0.3, -0.25) is 0 Å². The average Bonchev–Trinajstić information content (AvgIpc) is 2.46. The Balaban J connectivity index is 2.27. The Labute approximate surface area is 118 Å². The molecular formula is C17H18O3. The van der Waals surface area contributed by atoms with Gasteiger partial charge in [-0.1, -0.05) is 36.4 Å². The van der Waals surface area contributed by atoms with Crippen LogP contribution in [0.15, 0.2) is 42.5 Å². The summed E-state index contributed by atoms with van der Waals surface area (Å²) in [6.07, 6.45) is 0.880. The fourth-order valence-electron chi connectivity index (χ4n) is 2.12. The second kappa shape index (κ2) is 6.35. The number of benzene rings is 2. The molecule has 0 aromatic heterocycles. The highest BCUT2D eigenvalue weighted by Crippen LogP contribution is 2.23. The van der Waals surface area contributed by atoms with Crippen LogP contribution in [0.2, 0.25) is 0 Å². The molecule has 0 aliphatic heterocycles. The lowest BCUT2D eigenvalue weighted by molar-refractivity contribution is 0.0696. The van der Waals surface area contributed by atoms with Gasteiger partial charge in [-0.25, -0.2) is 4.79 Å². The minimum absolute atomic E-state index is 0.353. The van der Waals surface area contributed by atoms with Crippen LogP contribution in [0.4, 0.5) is 0 Å². The summed E-state index contributed by atoms with van der Waals surface area (Å²) >= 11 is 0. The summed E-state index contributed by atoms with van der Waals surface area (Å²) in [4.78, 5) is 11.2. The number of methoxy groups -OCH3 is 1. The molecule has 20 heavy (non-hydrogen) atoms. The lowest BCUT2D eigenvalue weighted by Crippen LogP contribution is -1.99. The Kier molecular flexibility index (Phi) is 4.53. The zero-order valence-electron chi connectivity index (χ0n) is 11.7. The van der Waals surface area contributed by atoms with E-state index in [0.29, 0.717) is 12.2 Å². The first-order chi connectivity index (χ1) is 9.61. The van der Waals surface area contributed by atoms with Crippen molar-refractivity contribution in [3.63, 3.8) is 0 Å². The Morgan fingerprint density at radius 1 is 1.10 bits per heavy atom. The molecule has 0 amide bonds. The molecular weight excluding hydrogens is 252 g/mol. The van der Waals surface area contributed by atoms with Gasteiger partial charge in [0, 0.05) is 7.11 Å². The van der Waals surface area contributed by atoms with Crippen LogP contribution in [0.3, 0.4) is 0 Å². The molecule has 2 rings (SSSR count). The largest absolute Gasteiger partial charge is 0.478 e. The van der Waals surface area contributed by atoms with Crippen LogP contribution < -0.4 is 0 Å². The fourth-order valence-corrected chi connectivity index (χ4v) is 2.12. The van der Waals surface area contributed by atoms with Crippen molar-refractivity contribution in [1.82, 2.24) is 0 Å². The number of aromatic carboxylic acids is 1. The van der Waals surface area contributed by atoms with E-state index in [4.69, 9.17) is 9.84 Å². The Morgan fingerprint density at radius 3 is 2.35 bits per heavy atom. The van der Waals surface area contributed by atoms with Crippen LogP contribution >= 0.6 is 0 Å². The van der Waals surface area contributed by atoms with Crippen LogP contribution in [-0.2, 0) is 11.2 Å². The number of hydrogen-bond acceptors (Lipinski definition) is 2. The molecule has 0 saturated heterocycles. The van der Waals surface area contributed by atoms with E-state index in [1.807, 2.05) is 24.3 Å². The molecule has 0 bridgehead atoms. The summed E-state index contributed by atoms with van der Waals surface area (Å²) < 4.78 is 5.05. The smallest absolute Gasteiger partial charge is 0.335 e. The molecule has 0 unspecified atom stereocenters. The minimum atomic E-state index is -0.888. The van der Waals surface area contributed by atoms with Crippen molar-refractivity contribution < 1.29 is 14.6 Å². The van der Waals surface area contributed by atoms with Crippen LogP contribution in [0.5, 0.6) is 0 Å². The first-order valence-corrected chi connectivity index (χ1v) is 6.54. The van der Waals surface area contributed by atoms with E-state index in [2.05, 4.69) is 12.1 Å². The Hall–Kier alpha value is -2.13. The highest BCUT2D eigenvalue weighted by molar-refractivity contribution is 5.91. The molecule has 0 fully saturated rings. The highest BCUT2D eigenvalue weighted by Gasteiger charge is 2.08. The minimum Gasteiger partial charge on any atom is -0.478 e.